The number of nitrogens with one attached hydrogen (secondary N) is 2. The summed E-state index contributed by atoms with van der Waals surface area (Å²) in [6.07, 6.45) is 2.57. The fourth-order valence-electron chi connectivity index (χ4n) is 3.25. The molecule has 1 aromatic heterocycles. The van der Waals surface area contributed by atoms with Gasteiger partial charge < -0.3 is 15.1 Å². The van der Waals surface area contributed by atoms with E-state index in [9.17, 15) is 4.79 Å². The van der Waals surface area contributed by atoms with Crippen molar-refractivity contribution in [2.75, 3.05) is 13.1 Å². The van der Waals surface area contributed by atoms with Crippen LogP contribution in [0.4, 0.5) is 4.79 Å². The molecule has 0 radical (unpaired) electrons. The highest BCUT2D eigenvalue weighted by molar-refractivity contribution is 5.74. The highest BCUT2D eigenvalue weighted by Gasteiger charge is 2.15. The summed E-state index contributed by atoms with van der Waals surface area (Å²) in [4.78, 5) is 14.7. The molecule has 0 spiro atoms. The van der Waals surface area contributed by atoms with Crippen LogP contribution < -0.4 is 10.6 Å². The Labute approximate surface area is 149 Å². The van der Waals surface area contributed by atoms with Gasteiger partial charge in [0.15, 0.2) is 0 Å². The molecule has 134 valence electrons. The van der Waals surface area contributed by atoms with Gasteiger partial charge in [-0.2, -0.15) is 0 Å². The molecule has 1 saturated heterocycles. The standard InChI is InChI=1S/C20H27N3O2/c1-15-9-10-19(25-15)16(2)22-20(24)21-13-17-7-3-4-8-18(17)14-23-11-5-6-12-23/h3-4,7-10,16H,5-6,11-14H2,1-2H3,(H2,21,22,24). The minimum Gasteiger partial charge on any atom is -0.464 e. The smallest absolute Gasteiger partial charge is 0.315 e. The van der Waals surface area contributed by atoms with E-state index in [-0.39, 0.29) is 12.1 Å². The lowest BCUT2D eigenvalue weighted by Crippen LogP contribution is -2.36. The SMILES string of the molecule is Cc1ccc(C(C)NC(=O)NCc2ccccc2CN2CCCC2)o1. The number of carbonyl (C=O) groups is 1. The lowest BCUT2D eigenvalue weighted by molar-refractivity contribution is 0.235. The van der Waals surface area contributed by atoms with E-state index in [0.717, 1.165) is 18.1 Å². The Morgan fingerprint density at radius 3 is 2.56 bits per heavy atom. The molecule has 1 aliphatic rings. The van der Waals surface area contributed by atoms with Gasteiger partial charge in [0.2, 0.25) is 0 Å². The summed E-state index contributed by atoms with van der Waals surface area (Å²) >= 11 is 0. The van der Waals surface area contributed by atoms with Crippen LogP contribution in [0, 0.1) is 6.92 Å². The van der Waals surface area contributed by atoms with Crippen molar-refractivity contribution >= 4 is 6.03 Å². The molecular formula is C20H27N3O2. The summed E-state index contributed by atoms with van der Waals surface area (Å²) in [5.41, 5.74) is 2.46. The monoisotopic (exact) mass is 341 g/mol. The van der Waals surface area contributed by atoms with E-state index in [1.54, 1.807) is 0 Å². The maximum Gasteiger partial charge on any atom is 0.315 e. The first kappa shape index (κ1) is 17.5. The first-order valence-electron chi connectivity index (χ1n) is 9.01. The fourth-order valence-corrected chi connectivity index (χ4v) is 3.25. The number of hydrogen-bond donors (Lipinski definition) is 2. The van der Waals surface area contributed by atoms with Crippen LogP contribution in [0.2, 0.25) is 0 Å². The van der Waals surface area contributed by atoms with Gasteiger partial charge in [-0.15, -0.1) is 0 Å². The molecule has 0 saturated carbocycles. The van der Waals surface area contributed by atoms with Crippen molar-refractivity contribution in [1.82, 2.24) is 15.5 Å². The van der Waals surface area contributed by atoms with Crippen molar-refractivity contribution in [2.24, 2.45) is 0 Å². The van der Waals surface area contributed by atoms with E-state index in [2.05, 4.69) is 33.7 Å². The average Bonchev–Trinajstić information content (AvgIpc) is 3.26. The fraction of sp³-hybridized carbons (Fsp3) is 0.450. The Kier molecular flexibility index (Phi) is 5.76. The van der Waals surface area contributed by atoms with E-state index in [1.165, 1.54) is 37.1 Å². The van der Waals surface area contributed by atoms with Gasteiger partial charge in [-0.1, -0.05) is 24.3 Å². The third-order valence-electron chi connectivity index (χ3n) is 4.69. The molecule has 2 N–H and O–H groups in total. The van der Waals surface area contributed by atoms with Crippen molar-refractivity contribution < 1.29 is 9.21 Å². The van der Waals surface area contributed by atoms with Crippen LogP contribution in [0.5, 0.6) is 0 Å². The Morgan fingerprint density at radius 1 is 1.16 bits per heavy atom. The van der Waals surface area contributed by atoms with Gasteiger partial charge in [0, 0.05) is 13.1 Å². The lowest BCUT2D eigenvalue weighted by Gasteiger charge is -2.18. The quantitative estimate of drug-likeness (QED) is 0.841. The van der Waals surface area contributed by atoms with Crippen molar-refractivity contribution in [3.05, 3.63) is 59.0 Å². The maximum absolute atomic E-state index is 12.2. The van der Waals surface area contributed by atoms with Gasteiger partial charge in [0.1, 0.15) is 11.5 Å². The highest BCUT2D eigenvalue weighted by atomic mass is 16.3. The van der Waals surface area contributed by atoms with Gasteiger partial charge in [0.05, 0.1) is 6.04 Å². The van der Waals surface area contributed by atoms with Crippen molar-refractivity contribution in [3.63, 3.8) is 0 Å². The van der Waals surface area contributed by atoms with Crippen LogP contribution in [0.3, 0.4) is 0 Å². The molecule has 1 atom stereocenters. The molecule has 2 aromatic rings. The zero-order valence-corrected chi connectivity index (χ0v) is 15.0. The molecule has 1 unspecified atom stereocenters. The number of nitrogens with zero attached hydrogens (tertiary/aromatic N) is 1. The first-order valence-corrected chi connectivity index (χ1v) is 9.01. The van der Waals surface area contributed by atoms with Crippen LogP contribution in [-0.2, 0) is 13.1 Å². The largest absolute Gasteiger partial charge is 0.464 e. The van der Waals surface area contributed by atoms with Gasteiger partial charge >= 0.3 is 6.03 Å². The summed E-state index contributed by atoms with van der Waals surface area (Å²) in [6.45, 7) is 7.64. The summed E-state index contributed by atoms with van der Waals surface area (Å²) in [5.74, 6) is 1.61. The molecule has 2 heterocycles. The molecule has 25 heavy (non-hydrogen) atoms. The number of benzene rings is 1. The zero-order valence-electron chi connectivity index (χ0n) is 15.0. The number of aryl methyl sites for hydroxylation is 1. The number of likely N-dealkylation sites (tertiary alicyclic amines) is 1. The molecule has 2 amide bonds. The van der Waals surface area contributed by atoms with Crippen molar-refractivity contribution in [2.45, 2.75) is 45.8 Å². The third-order valence-corrected chi connectivity index (χ3v) is 4.69. The Balaban J connectivity index is 1.53. The molecule has 0 aliphatic carbocycles. The van der Waals surface area contributed by atoms with E-state index < -0.39 is 0 Å². The van der Waals surface area contributed by atoms with E-state index >= 15 is 0 Å². The van der Waals surface area contributed by atoms with E-state index in [1.807, 2.05) is 32.0 Å². The Hall–Kier alpha value is -2.27. The predicted molar refractivity (Wildman–Crippen MR) is 98.2 cm³/mol. The number of rotatable bonds is 6. The maximum atomic E-state index is 12.2. The van der Waals surface area contributed by atoms with Gasteiger partial charge in [-0.3, -0.25) is 4.90 Å². The van der Waals surface area contributed by atoms with Crippen molar-refractivity contribution in [3.8, 4) is 0 Å². The van der Waals surface area contributed by atoms with Gasteiger partial charge in [0.25, 0.3) is 0 Å². The summed E-state index contributed by atoms with van der Waals surface area (Å²) in [5, 5.41) is 5.88. The molecule has 3 rings (SSSR count). The summed E-state index contributed by atoms with van der Waals surface area (Å²) < 4.78 is 5.55. The second-order valence-electron chi connectivity index (χ2n) is 6.75. The van der Waals surface area contributed by atoms with Crippen LogP contribution >= 0.6 is 0 Å². The minimum atomic E-state index is -0.183. The zero-order chi connectivity index (χ0) is 17.6. The van der Waals surface area contributed by atoms with Crippen LogP contribution in [0.15, 0.2) is 40.8 Å². The van der Waals surface area contributed by atoms with Gasteiger partial charge in [-0.05, 0) is 63.0 Å². The first-order chi connectivity index (χ1) is 12.1. The lowest BCUT2D eigenvalue weighted by atomic mass is 10.1. The molecule has 0 bridgehead atoms. The second kappa shape index (κ2) is 8.21. The summed E-state index contributed by atoms with van der Waals surface area (Å²) in [7, 11) is 0. The van der Waals surface area contributed by atoms with Gasteiger partial charge in [-0.25, -0.2) is 4.79 Å². The third kappa shape index (κ3) is 4.86. The molecule has 1 fully saturated rings. The topological polar surface area (TPSA) is 57.5 Å². The average molecular weight is 341 g/mol. The van der Waals surface area contributed by atoms with Crippen molar-refractivity contribution in [1.29, 1.82) is 0 Å². The van der Waals surface area contributed by atoms with Crippen LogP contribution in [-0.4, -0.2) is 24.0 Å². The molecule has 5 heteroatoms. The summed E-state index contributed by atoms with van der Waals surface area (Å²) in [6, 6.07) is 11.8. The highest BCUT2D eigenvalue weighted by Crippen LogP contribution is 2.17. The number of carbonyl (C=O) groups excluding carboxylic acids is 1. The van der Waals surface area contributed by atoms with Crippen LogP contribution in [0.1, 0.15) is 48.5 Å². The molecular weight excluding hydrogens is 314 g/mol. The van der Waals surface area contributed by atoms with E-state index in [4.69, 9.17) is 4.42 Å². The molecule has 1 aromatic carbocycles. The molecule has 1 aliphatic heterocycles. The number of hydrogen-bond acceptors (Lipinski definition) is 3. The normalized spacial score (nSPS) is 15.9. The second-order valence-corrected chi connectivity index (χ2v) is 6.75. The number of urea groups is 1. The Bertz CT molecular complexity index is 704. The van der Waals surface area contributed by atoms with Crippen LogP contribution in [0.25, 0.3) is 0 Å². The predicted octanol–water partition coefficient (Wildman–Crippen LogP) is 3.74. The van der Waals surface area contributed by atoms with E-state index in [0.29, 0.717) is 6.54 Å². The number of amides is 2. The minimum absolute atomic E-state index is 0.159. The Morgan fingerprint density at radius 2 is 1.88 bits per heavy atom. The molecule has 5 nitrogen and oxygen atoms in total. The number of furan rings is 1.